The molecule has 0 radical (unpaired) electrons. The van der Waals surface area contributed by atoms with Crippen molar-refractivity contribution in [3.05, 3.63) is 33.8 Å². The van der Waals surface area contributed by atoms with Crippen molar-refractivity contribution in [2.24, 2.45) is 5.92 Å². The number of hydrogen-bond acceptors (Lipinski definition) is 1. The lowest BCUT2D eigenvalue weighted by atomic mass is 10.1. The van der Waals surface area contributed by atoms with Crippen LogP contribution in [-0.4, -0.2) is 23.9 Å². The van der Waals surface area contributed by atoms with Crippen LogP contribution in [0, 0.1) is 12.8 Å². The largest absolute Gasteiger partial charge is 0.339 e. The van der Waals surface area contributed by atoms with E-state index < -0.39 is 0 Å². The number of halogens is 1. The molecular formula is C14H18BrNO. The van der Waals surface area contributed by atoms with Crippen LogP contribution in [0.2, 0.25) is 0 Å². The minimum atomic E-state index is 0.119. The summed E-state index contributed by atoms with van der Waals surface area (Å²) in [6, 6.07) is 6.21. The van der Waals surface area contributed by atoms with Gasteiger partial charge in [0.2, 0.25) is 0 Å². The lowest BCUT2D eigenvalue weighted by Gasteiger charge is -2.25. The Morgan fingerprint density at radius 2 is 2.06 bits per heavy atom. The van der Waals surface area contributed by atoms with Crippen LogP contribution in [0.3, 0.4) is 0 Å². The van der Waals surface area contributed by atoms with Crippen LogP contribution in [0.25, 0.3) is 0 Å². The first kappa shape index (κ1) is 12.6. The van der Waals surface area contributed by atoms with Gasteiger partial charge in [0.25, 0.3) is 5.91 Å². The molecule has 2 rings (SSSR count). The summed E-state index contributed by atoms with van der Waals surface area (Å²) in [6.45, 7) is 4.15. The Bertz CT molecular complexity index is 420. The molecule has 1 aliphatic carbocycles. The number of rotatable bonds is 3. The Labute approximate surface area is 111 Å². The number of nitrogens with zero attached hydrogens (tertiary/aromatic N) is 1. The molecular weight excluding hydrogens is 278 g/mol. The molecule has 2 nitrogen and oxygen atoms in total. The number of hydrogen-bond donors (Lipinski definition) is 0. The van der Waals surface area contributed by atoms with E-state index in [0.717, 1.165) is 15.6 Å². The van der Waals surface area contributed by atoms with Gasteiger partial charge in [-0.2, -0.15) is 0 Å². The molecule has 0 saturated heterocycles. The standard InChI is InChI=1S/C14H18BrNO/c1-9-6-12(8-13(15)7-9)14(17)16(3)10(2)11-4-5-11/h6-8,10-11H,4-5H2,1-3H3. The van der Waals surface area contributed by atoms with Gasteiger partial charge in [-0.3, -0.25) is 4.79 Å². The maximum absolute atomic E-state index is 12.3. The van der Waals surface area contributed by atoms with Crippen molar-refractivity contribution in [1.82, 2.24) is 4.90 Å². The van der Waals surface area contributed by atoms with Crippen LogP contribution in [0.4, 0.5) is 0 Å². The van der Waals surface area contributed by atoms with E-state index in [4.69, 9.17) is 0 Å². The lowest BCUT2D eigenvalue weighted by molar-refractivity contribution is 0.0727. The summed E-state index contributed by atoms with van der Waals surface area (Å²) in [5, 5.41) is 0. The summed E-state index contributed by atoms with van der Waals surface area (Å²) in [7, 11) is 1.90. The van der Waals surface area contributed by atoms with Crippen molar-refractivity contribution >= 4 is 21.8 Å². The molecule has 0 spiro atoms. The Kier molecular flexibility index (Phi) is 3.57. The molecule has 0 aromatic heterocycles. The molecule has 92 valence electrons. The second kappa shape index (κ2) is 4.81. The van der Waals surface area contributed by atoms with E-state index in [0.29, 0.717) is 12.0 Å². The van der Waals surface area contributed by atoms with E-state index >= 15 is 0 Å². The third-order valence-electron chi connectivity index (χ3n) is 3.52. The van der Waals surface area contributed by atoms with Gasteiger partial charge < -0.3 is 4.90 Å². The predicted octanol–water partition coefficient (Wildman–Crippen LogP) is 3.63. The second-order valence-electron chi connectivity index (χ2n) is 5.01. The zero-order valence-corrected chi connectivity index (χ0v) is 12.1. The van der Waals surface area contributed by atoms with Gasteiger partial charge in [-0.05, 0) is 56.4 Å². The molecule has 1 amide bonds. The smallest absolute Gasteiger partial charge is 0.253 e. The van der Waals surface area contributed by atoms with E-state index in [1.165, 1.54) is 12.8 Å². The van der Waals surface area contributed by atoms with Gasteiger partial charge in [0, 0.05) is 23.1 Å². The highest BCUT2D eigenvalue weighted by Crippen LogP contribution is 2.35. The minimum absolute atomic E-state index is 0.119. The fourth-order valence-electron chi connectivity index (χ4n) is 2.14. The Hall–Kier alpha value is -0.830. The molecule has 1 atom stereocenters. The summed E-state index contributed by atoms with van der Waals surface area (Å²) in [4.78, 5) is 14.2. The Balaban J connectivity index is 2.17. The summed E-state index contributed by atoms with van der Waals surface area (Å²) in [5.41, 5.74) is 1.88. The topological polar surface area (TPSA) is 20.3 Å². The van der Waals surface area contributed by atoms with E-state index in [-0.39, 0.29) is 5.91 Å². The molecule has 0 heterocycles. The van der Waals surface area contributed by atoms with Crippen LogP contribution in [0.5, 0.6) is 0 Å². The average Bonchev–Trinajstić information content (AvgIpc) is 3.08. The maximum atomic E-state index is 12.3. The monoisotopic (exact) mass is 295 g/mol. The van der Waals surface area contributed by atoms with Crippen LogP contribution in [0.15, 0.2) is 22.7 Å². The number of aryl methyl sites for hydroxylation is 1. The molecule has 0 aliphatic heterocycles. The van der Waals surface area contributed by atoms with Crippen LogP contribution in [-0.2, 0) is 0 Å². The summed E-state index contributed by atoms with van der Waals surface area (Å²) in [5.74, 6) is 0.825. The summed E-state index contributed by atoms with van der Waals surface area (Å²) >= 11 is 3.44. The molecule has 1 unspecified atom stereocenters. The fourth-order valence-corrected chi connectivity index (χ4v) is 2.75. The Morgan fingerprint density at radius 1 is 1.41 bits per heavy atom. The van der Waals surface area contributed by atoms with Crippen molar-refractivity contribution in [2.75, 3.05) is 7.05 Å². The molecule has 0 N–H and O–H groups in total. The molecule has 1 aromatic carbocycles. The van der Waals surface area contributed by atoms with Crippen molar-refractivity contribution in [3.63, 3.8) is 0 Å². The number of carbonyl (C=O) groups excluding carboxylic acids is 1. The molecule has 1 saturated carbocycles. The zero-order valence-electron chi connectivity index (χ0n) is 10.5. The SMILES string of the molecule is Cc1cc(Br)cc(C(=O)N(C)C(C)C2CC2)c1. The number of amides is 1. The first-order valence-electron chi connectivity index (χ1n) is 6.03. The van der Waals surface area contributed by atoms with Gasteiger partial charge in [0.15, 0.2) is 0 Å². The van der Waals surface area contributed by atoms with E-state index in [9.17, 15) is 4.79 Å². The van der Waals surface area contributed by atoms with Gasteiger partial charge >= 0.3 is 0 Å². The highest BCUT2D eigenvalue weighted by molar-refractivity contribution is 9.10. The number of carbonyl (C=O) groups is 1. The van der Waals surface area contributed by atoms with Crippen molar-refractivity contribution in [3.8, 4) is 0 Å². The molecule has 1 aliphatic rings. The predicted molar refractivity (Wildman–Crippen MR) is 73.2 cm³/mol. The van der Waals surface area contributed by atoms with Crippen LogP contribution < -0.4 is 0 Å². The summed E-state index contributed by atoms with van der Waals surface area (Å²) in [6.07, 6.45) is 2.52. The van der Waals surface area contributed by atoms with Gasteiger partial charge in [-0.25, -0.2) is 0 Å². The molecule has 0 bridgehead atoms. The average molecular weight is 296 g/mol. The quantitative estimate of drug-likeness (QED) is 0.834. The van der Waals surface area contributed by atoms with E-state index in [1.807, 2.05) is 37.1 Å². The maximum Gasteiger partial charge on any atom is 0.253 e. The molecule has 17 heavy (non-hydrogen) atoms. The lowest BCUT2D eigenvalue weighted by Crippen LogP contribution is -2.36. The minimum Gasteiger partial charge on any atom is -0.339 e. The first-order chi connectivity index (χ1) is 7.99. The molecule has 1 aromatic rings. The molecule has 3 heteroatoms. The highest BCUT2D eigenvalue weighted by atomic mass is 79.9. The van der Waals surface area contributed by atoms with Crippen LogP contribution >= 0.6 is 15.9 Å². The third kappa shape index (κ3) is 2.89. The summed E-state index contributed by atoms with van der Waals surface area (Å²) < 4.78 is 0.966. The van der Waals surface area contributed by atoms with E-state index in [2.05, 4.69) is 22.9 Å². The van der Waals surface area contributed by atoms with Gasteiger partial charge in [-0.1, -0.05) is 15.9 Å². The highest BCUT2D eigenvalue weighted by Gasteiger charge is 2.32. The Morgan fingerprint density at radius 3 is 2.59 bits per heavy atom. The van der Waals surface area contributed by atoms with Gasteiger partial charge in [0.1, 0.15) is 0 Å². The van der Waals surface area contributed by atoms with Crippen molar-refractivity contribution in [1.29, 1.82) is 0 Å². The zero-order chi connectivity index (χ0) is 12.6. The normalized spacial score (nSPS) is 16.7. The van der Waals surface area contributed by atoms with Gasteiger partial charge in [-0.15, -0.1) is 0 Å². The van der Waals surface area contributed by atoms with Crippen LogP contribution in [0.1, 0.15) is 35.7 Å². The number of benzene rings is 1. The first-order valence-corrected chi connectivity index (χ1v) is 6.82. The van der Waals surface area contributed by atoms with E-state index in [1.54, 1.807) is 0 Å². The van der Waals surface area contributed by atoms with Crippen molar-refractivity contribution < 1.29 is 4.79 Å². The molecule has 1 fully saturated rings. The fraction of sp³-hybridized carbons (Fsp3) is 0.500. The van der Waals surface area contributed by atoms with Crippen molar-refractivity contribution in [2.45, 2.75) is 32.7 Å². The van der Waals surface area contributed by atoms with Gasteiger partial charge in [0.05, 0.1) is 0 Å². The second-order valence-corrected chi connectivity index (χ2v) is 5.93. The third-order valence-corrected chi connectivity index (χ3v) is 3.98.